The maximum Gasteiger partial charge on any atom is 0.243 e. The summed E-state index contributed by atoms with van der Waals surface area (Å²) in [6, 6.07) is 16.5. The van der Waals surface area contributed by atoms with Crippen LogP contribution in [0.1, 0.15) is 5.69 Å². The molecule has 0 aliphatic rings. The zero-order valence-corrected chi connectivity index (χ0v) is 19.6. The van der Waals surface area contributed by atoms with Gasteiger partial charge >= 0.3 is 0 Å². The molecule has 0 saturated carbocycles. The van der Waals surface area contributed by atoms with Crippen LogP contribution < -0.4 is 4.74 Å². The minimum atomic E-state index is -3.67. The Bertz CT molecular complexity index is 1270. The fraction of sp³-hybridized carbons (Fsp3) is 0.261. The number of hydrogen-bond donors (Lipinski definition) is 0. The molecule has 7 nitrogen and oxygen atoms in total. The fourth-order valence-electron chi connectivity index (χ4n) is 3.44. The van der Waals surface area contributed by atoms with E-state index < -0.39 is 10.0 Å². The van der Waals surface area contributed by atoms with E-state index in [0.717, 1.165) is 21.9 Å². The van der Waals surface area contributed by atoms with Crippen molar-refractivity contribution in [2.45, 2.75) is 11.3 Å². The molecule has 0 fully saturated rings. The monoisotopic (exact) mass is 471 g/mol. The lowest BCUT2D eigenvalue weighted by Crippen LogP contribution is -2.35. The summed E-state index contributed by atoms with van der Waals surface area (Å²) in [6.45, 7) is 0.928. The number of ether oxygens (including phenoxy) is 2. The summed E-state index contributed by atoms with van der Waals surface area (Å²) < 4.78 is 40.3. The van der Waals surface area contributed by atoms with Gasteiger partial charge in [-0.2, -0.15) is 4.31 Å². The van der Waals surface area contributed by atoms with Crippen molar-refractivity contribution in [1.29, 1.82) is 0 Å². The maximum absolute atomic E-state index is 13.3. The molecule has 0 spiro atoms. The van der Waals surface area contributed by atoms with Crippen LogP contribution in [-0.4, -0.2) is 56.0 Å². The Morgan fingerprint density at radius 1 is 1.03 bits per heavy atom. The summed E-state index contributed by atoms with van der Waals surface area (Å²) in [6.07, 6.45) is 2.57. The van der Waals surface area contributed by atoms with E-state index in [1.54, 1.807) is 49.8 Å². The van der Waals surface area contributed by atoms with E-state index in [0.29, 0.717) is 25.3 Å². The van der Waals surface area contributed by atoms with Crippen molar-refractivity contribution in [1.82, 2.24) is 13.7 Å². The third-order valence-electron chi connectivity index (χ3n) is 5.21. The maximum atomic E-state index is 13.3. The summed E-state index contributed by atoms with van der Waals surface area (Å²) in [5.74, 6) is 0.613. The summed E-state index contributed by atoms with van der Waals surface area (Å²) in [7, 11) is -0.549. The number of sulfonamides is 1. The van der Waals surface area contributed by atoms with Gasteiger partial charge in [0, 0.05) is 49.5 Å². The fourth-order valence-corrected chi connectivity index (χ4v) is 5.77. The molecule has 0 aliphatic heterocycles. The highest BCUT2D eigenvalue weighted by Gasteiger charge is 2.24. The van der Waals surface area contributed by atoms with Crippen LogP contribution in [0, 0.1) is 0 Å². The van der Waals surface area contributed by atoms with E-state index in [1.807, 2.05) is 46.3 Å². The second-order valence-corrected chi connectivity index (χ2v) is 9.97. The van der Waals surface area contributed by atoms with E-state index in [4.69, 9.17) is 14.5 Å². The molecule has 32 heavy (non-hydrogen) atoms. The molecule has 0 N–H and O–H groups in total. The quantitative estimate of drug-likeness (QED) is 0.350. The van der Waals surface area contributed by atoms with Crippen LogP contribution >= 0.6 is 11.3 Å². The van der Waals surface area contributed by atoms with E-state index in [9.17, 15) is 8.42 Å². The molecule has 2 aromatic heterocycles. The average molecular weight is 472 g/mol. The van der Waals surface area contributed by atoms with Crippen molar-refractivity contribution < 1.29 is 17.9 Å². The molecule has 0 amide bonds. The Balaban J connectivity index is 1.55. The third kappa shape index (κ3) is 4.71. The van der Waals surface area contributed by atoms with Gasteiger partial charge in [-0.25, -0.2) is 13.4 Å². The lowest BCUT2D eigenvalue weighted by Gasteiger charge is -2.22. The standard InChI is InChI=1S/C23H25N3O4S2/c1-29-15-14-25(32(27,28)21-10-8-20(30-2)9-11-21)13-12-19-17-31-23-24-22(16-26(19)23)18-6-4-3-5-7-18/h3-11,16-17H,12-15H2,1-2H3. The summed E-state index contributed by atoms with van der Waals surface area (Å²) in [5, 5.41) is 2.03. The van der Waals surface area contributed by atoms with Crippen LogP contribution in [0.15, 0.2) is 71.1 Å². The second-order valence-electron chi connectivity index (χ2n) is 7.19. The van der Waals surface area contributed by atoms with Gasteiger partial charge in [0.05, 0.1) is 24.3 Å². The Morgan fingerprint density at radius 2 is 1.78 bits per heavy atom. The largest absolute Gasteiger partial charge is 0.497 e. The number of fused-ring (bicyclic) bond motifs is 1. The van der Waals surface area contributed by atoms with Gasteiger partial charge in [-0.1, -0.05) is 30.3 Å². The smallest absolute Gasteiger partial charge is 0.243 e. The molecule has 4 rings (SSSR count). The van der Waals surface area contributed by atoms with Gasteiger partial charge in [-0.15, -0.1) is 11.3 Å². The molecule has 4 aromatic rings. The minimum absolute atomic E-state index is 0.235. The van der Waals surface area contributed by atoms with Crippen LogP contribution in [0.3, 0.4) is 0 Å². The molecular formula is C23H25N3O4S2. The summed E-state index contributed by atoms with van der Waals surface area (Å²) in [4.78, 5) is 5.83. The van der Waals surface area contributed by atoms with Crippen molar-refractivity contribution in [3.63, 3.8) is 0 Å². The van der Waals surface area contributed by atoms with Gasteiger partial charge in [-0.3, -0.25) is 4.40 Å². The van der Waals surface area contributed by atoms with E-state index in [2.05, 4.69) is 0 Å². The molecule has 0 radical (unpaired) electrons. The lowest BCUT2D eigenvalue weighted by atomic mass is 10.2. The predicted molar refractivity (Wildman–Crippen MR) is 126 cm³/mol. The first-order chi connectivity index (χ1) is 15.5. The number of nitrogens with zero attached hydrogens (tertiary/aromatic N) is 3. The van der Waals surface area contributed by atoms with E-state index in [1.165, 1.54) is 4.31 Å². The number of benzene rings is 2. The van der Waals surface area contributed by atoms with Crippen LogP contribution in [0.2, 0.25) is 0 Å². The zero-order valence-electron chi connectivity index (χ0n) is 18.0. The molecule has 0 atom stereocenters. The molecule has 2 aromatic carbocycles. The molecule has 168 valence electrons. The first-order valence-corrected chi connectivity index (χ1v) is 12.5. The average Bonchev–Trinajstić information content (AvgIpc) is 3.41. The number of imidazole rings is 1. The van der Waals surface area contributed by atoms with Crippen LogP contribution in [0.4, 0.5) is 0 Å². The first-order valence-electron chi connectivity index (χ1n) is 10.2. The molecule has 0 bridgehead atoms. The molecule has 0 aliphatic carbocycles. The van der Waals surface area contributed by atoms with Crippen LogP contribution in [-0.2, 0) is 21.2 Å². The Morgan fingerprint density at radius 3 is 2.47 bits per heavy atom. The highest BCUT2D eigenvalue weighted by Crippen LogP contribution is 2.25. The number of methoxy groups -OCH3 is 2. The SMILES string of the molecule is COCCN(CCc1csc2nc(-c3ccccc3)cn12)S(=O)(=O)c1ccc(OC)cc1. The molecule has 0 unspecified atom stereocenters. The Hall–Kier alpha value is -2.72. The van der Waals surface area contributed by atoms with Crippen molar-refractivity contribution in [3.05, 3.63) is 71.9 Å². The number of rotatable bonds is 10. The van der Waals surface area contributed by atoms with Crippen LogP contribution in [0.25, 0.3) is 16.2 Å². The van der Waals surface area contributed by atoms with Gasteiger partial charge in [0.25, 0.3) is 0 Å². The first kappa shape index (κ1) is 22.5. The van der Waals surface area contributed by atoms with E-state index in [-0.39, 0.29) is 11.4 Å². The molecular weight excluding hydrogens is 446 g/mol. The Labute approximate surface area is 191 Å². The second kappa shape index (κ2) is 9.83. The van der Waals surface area contributed by atoms with Gasteiger partial charge in [0.15, 0.2) is 4.96 Å². The topological polar surface area (TPSA) is 73.1 Å². The van der Waals surface area contributed by atoms with Crippen molar-refractivity contribution in [2.24, 2.45) is 0 Å². The van der Waals surface area contributed by atoms with Gasteiger partial charge in [0.2, 0.25) is 10.0 Å². The van der Waals surface area contributed by atoms with Crippen molar-refractivity contribution in [2.75, 3.05) is 33.9 Å². The highest BCUT2D eigenvalue weighted by atomic mass is 32.2. The minimum Gasteiger partial charge on any atom is -0.497 e. The Kier molecular flexibility index (Phi) is 6.90. The van der Waals surface area contributed by atoms with Gasteiger partial charge < -0.3 is 9.47 Å². The van der Waals surface area contributed by atoms with Crippen molar-refractivity contribution >= 4 is 26.3 Å². The normalized spacial score (nSPS) is 12.0. The zero-order chi connectivity index (χ0) is 22.6. The number of thiazole rings is 1. The third-order valence-corrected chi connectivity index (χ3v) is 8.01. The van der Waals surface area contributed by atoms with Crippen LogP contribution in [0.5, 0.6) is 5.75 Å². The molecule has 9 heteroatoms. The van der Waals surface area contributed by atoms with E-state index >= 15 is 0 Å². The number of aromatic nitrogens is 2. The molecule has 2 heterocycles. The van der Waals surface area contributed by atoms with Gasteiger partial charge in [0.1, 0.15) is 5.75 Å². The van der Waals surface area contributed by atoms with Gasteiger partial charge in [-0.05, 0) is 24.3 Å². The molecule has 0 saturated heterocycles. The summed E-state index contributed by atoms with van der Waals surface area (Å²) >= 11 is 1.55. The summed E-state index contributed by atoms with van der Waals surface area (Å²) in [5.41, 5.74) is 2.98. The highest BCUT2D eigenvalue weighted by molar-refractivity contribution is 7.89. The number of hydrogen-bond acceptors (Lipinski definition) is 6. The lowest BCUT2D eigenvalue weighted by molar-refractivity contribution is 0.179. The van der Waals surface area contributed by atoms with Crippen molar-refractivity contribution in [3.8, 4) is 17.0 Å². The predicted octanol–water partition coefficient (Wildman–Crippen LogP) is 3.95.